The molecule has 3 aliphatic heterocycles. The van der Waals surface area contributed by atoms with Gasteiger partial charge in [-0.3, -0.25) is 4.79 Å². The molecule has 6 nitrogen and oxygen atoms in total. The Bertz CT molecular complexity index is 1440. The number of hydrogen-bond donors (Lipinski definition) is 0. The lowest BCUT2D eigenvalue weighted by Gasteiger charge is -2.47. The van der Waals surface area contributed by atoms with Crippen molar-refractivity contribution in [2.75, 3.05) is 11.5 Å². The second-order valence-electron chi connectivity index (χ2n) is 9.61. The van der Waals surface area contributed by atoms with E-state index in [1.807, 2.05) is 102 Å². The molecule has 186 valence electrons. The summed E-state index contributed by atoms with van der Waals surface area (Å²) in [6, 6.07) is 24.0. The number of anilines is 1. The van der Waals surface area contributed by atoms with Crippen molar-refractivity contribution >= 4 is 23.6 Å². The standard InChI is InChI=1S/C31H28N2O4/c1-3-36-28(34)18-24-19-31(37-29-25-12-8-7-11-23(25)15-16-32(24)29)26-14-13-21(2)17-27(26)33(30(31)35)20-22-9-5-4-6-10-22/h4-18,29H,3,19-20H2,1-2H3/b24-18-/t29-,31-/m0/s1. The molecule has 1 spiro atoms. The number of esters is 1. The highest BCUT2D eigenvalue weighted by atomic mass is 16.5. The molecule has 3 aliphatic rings. The van der Waals surface area contributed by atoms with E-state index >= 15 is 0 Å². The Morgan fingerprint density at radius 2 is 1.89 bits per heavy atom. The Labute approximate surface area is 216 Å². The van der Waals surface area contributed by atoms with E-state index in [0.29, 0.717) is 12.2 Å². The number of aryl methyl sites for hydroxylation is 1. The van der Waals surface area contributed by atoms with Crippen LogP contribution in [0.4, 0.5) is 5.69 Å². The largest absolute Gasteiger partial charge is 0.463 e. The summed E-state index contributed by atoms with van der Waals surface area (Å²) in [5.41, 5.74) is 5.14. The molecule has 1 fully saturated rings. The van der Waals surface area contributed by atoms with Crippen molar-refractivity contribution in [2.24, 2.45) is 0 Å². The highest BCUT2D eigenvalue weighted by Crippen LogP contribution is 2.54. The molecule has 0 aromatic heterocycles. The third-order valence-electron chi connectivity index (χ3n) is 7.23. The fourth-order valence-corrected chi connectivity index (χ4v) is 5.52. The molecule has 0 radical (unpaired) electrons. The summed E-state index contributed by atoms with van der Waals surface area (Å²) in [5.74, 6) is -0.560. The molecule has 0 unspecified atom stereocenters. The van der Waals surface area contributed by atoms with E-state index in [1.165, 1.54) is 6.08 Å². The quantitative estimate of drug-likeness (QED) is 0.351. The summed E-state index contributed by atoms with van der Waals surface area (Å²) >= 11 is 0. The first-order chi connectivity index (χ1) is 18.0. The minimum atomic E-state index is -1.27. The van der Waals surface area contributed by atoms with Gasteiger partial charge in [0.25, 0.3) is 5.91 Å². The van der Waals surface area contributed by atoms with Gasteiger partial charge in [0.15, 0.2) is 11.8 Å². The molecule has 6 heteroatoms. The molecule has 3 aromatic rings. The van der Waals surface area contributed by atoms with Crippen LogP contribution in [-0.2, 0) is 31.2 Å². The average molecular weight is 493 g/mol. The van der Waals surface area contributed by atoms with Crippen LogP contribution in [0.15, 0.2) is 90.8 Å². The van der Waals surface area contributed by atoms with Crippen LogP contribution in [0.5, 0.6) is 0 Å². The number of rotatable bonds is 4. The van der Waals surface area contributed by atoms with Crippen LogP contribution >= 0.6 is 0 Å². The SMILES string of the molecule is CCOC(=O)/C=C1/C[C@@]2(O[C@H]3c4ccccc4C=CN13)C(=O)N(Cc1ccccc1)c1cc(C)ccc12. The smallest absolute Gasteiger partial charge is 0.332 e. The highest BCUT2D eigenvalue weighted by Gasteiger charge is 2.57. The van der Waals surface area contributed by atoms with Crippen LogP contribution in [-0.4, -0.2) is 23.4 Å². The number of hydrogen-bond acceptors (Lipinski definition) is 5. The molecular formula is C31H28N2O4. The summed E-state index contributed by atoms with van der Waals surface area (Å²) in [6.45, 7) is 4.51. The van der Waals surface area contributed by atoms with Gasteiger partial charge in [-0.15, -0.1) is 0 Å². The second-order valence-corrected chi connectivity index (χ2v) is 9.61. The Balaban J connectivity index is 1.50. The van der Waals surface area contributed by atoms with Gasteiger partial charge in [0.1, 0.15) is 0 Å². The Kier molecular flexibility index (Phi) is 5.69. The lowest BCUT2D eigenvalue weighted by atomic mass is 9.86. The first kappa shape index (κ1) is 23.3. The fraction of sp³-hybridized carbons (Fsp3) is 0.226. The molecule has 3 heterocycles. The topological polar surface area (TPSA) is 59.1 Å². The van der Waals surface area contributed by atoms with Gasteiger partial charge in [0, 0.05) is 35.5 Å². The number of amides is 1. The number of carbonyl (C=O) groups is 2. The van der Waals surface area contributed by atoms with Crippen LogP contribution in [0.25, 0.3) is 6.08 Å². The fourth-order valence-electron chi connectivity index (χ4n) is 5.52. The molecule has 37 heavy (non-hydrogen) atoms. The summed E-state index contributed by atoms with van der Waals surface area (Å²) < 4.78 is 12.1. The van der Waals surface area contributed by atoms with Gasteiger partial charge in [-0.25, -0.2) is 4.79 Å². The van der Waals surface area contributed by atoms with Crippen LogP contribution in [0, 0.1) is 6.92 Å². The summed E-state index contributed by atoms with van der Waals surface area (Å²) in [4.78, 5) is 30.8. The van der Waals surface area contributed by atoms with Crippen molar-refractivity contribution in [3.05, 3.63) is 119 Å². The van der Waals surface area contributed by atoms with Crippen LogP contribution in [0.3, 0.4) is 0 Å². The van der Waals surface area contributed by atoms with Crippen LogP contribution < -0.4 is 4.90 Å². The first-order valence-electron chi connectivity index (χ1n) is 12.6. The number of benzene rings is 3. The molecule has 6 rings (SSSR count). The summed E-state index contributed by atoms with van der Waals surface area (Å²) in [7, 11) is 0. The maximum Gasteiger partial charge on any atom is 0.332 e. The van der Waals surface area contributed by atoms with Gasteiger partial charge in [0.2, 0.25) is 0 Å². The summed E-state index contributed by atoms with van der Waals surface area (Å²) in [5, 5.41) is 0. The molecule has 0 N–H and O–H groups in total. The van der Waals surface area contributed by atoms with Crippen LogP contribution in [0.2, 0.25) is 0 Å². The molecule has 0 saturated carbocycles. The minimum absolute atomic E-state index is 0.126. The zero-order valence-electron chi connectivity index (χ0n) is 20.9. The van der Waals surface area contributed by atoms with Crippen molar-refractivity contribution in [3.63, 3.8) is 0 Å². The van der Waals surface area contributed by atoms with E-state index < -0.39 is 17.8 Å². The molecular weight excluding hydrogens is 464 g/mol. The zero-order chi connectivity index (χ0) is 25.6. The van der Waals surface area contributed by atoms with Crippen molar-refractivity contribution in [3.8, 4) is 0 Å². The Morgan fingerprint density at radius 3 is 2.70 bits per heavy atom. The van der Waals surface area contributed by atoms with E-state index in [-0.39, 0.29) is 18.9 Å². The molecule has 0 bridgehead atoms. The molecule has 0 aliphatic carbocycles. The average Bonchev–Trinajstić information content (AvgIpc) is 3.11. The number of carbonyl (C=O) groups excluding carboxylic acids is 2. The summed E-state index contributed by atoms with van der Waals surface area (Å²) in [6.07, 6.45) is 5.07. The van der Waals surface area contributed by atoms with Crippen molar-refractivity contribution < 1.29 is 19.1 Å². The minimum Gasteiger partial charge on any atom is -0.463 e. The normalized spacial score (nSPS) is 22.7. The van der Waals surface area contributed by atoms with Gasteiger partial charge in [0.05, 0.1) is 18.8 Å². The van der Waals surface area contributed by atoms with E-state index in [1.54, 1.807) is 6.92 Å². The zero-order valence-corrected chi connectivity index (χ0v) is 20.9. The van der Waals surface area contributed by atoms with E-state index in [2.05, 4.69) is 0 Å². The Hall–Kier alpha value is -4.16. The second kappa shape index (κ2) is 9.05. The van der Waals surface area contributed by atoms with E-state index in [9.17, 15) is 9.59 Å². The van der Waals surface area contributed by atoms with Gasteiger partial charge >= 0.3 is 5.97 Å². The lowest BCUT2D eigenvalue weighted by Crippen LogP contribution is -2.50. The van der Waals surface area contributed by atoms with Crippen molar-refractivity contribution in [2.45, 2.75) is 38.6 Å². The van der Waals surface area contributed by atoms with E-state index in [4.69, 9.17) is 9.47 Å². The third kappa shape index (κ3) is 3.85. The predicted molar refractivity (Wildman–Crippen MR) is 141 cm³/mol. The van der Waals surface area contributed by atoms with Gasteiger partial charge < -0.3 is 19.3 Å². The van der Waals surface area contributed by atoms with Gasteiger partial charge in [-0.05, 0) is 42.7 Å². The molecule has 3 aromatic carbocycles. The maximum atomic E-state index is 14.4. The molecule has 1 saturated heterocycles. The third-order valence-corrected chi connectivity index (χ3v) is 7.23. The van der Waals surface area contributed by atoms with Gasteiger partial charge in [-0.1, -0.05) is 66.7 Å². The molecule has 2 atom stereocenters. The molecule has 1 amide bonds. The first-order valence-corrected chi connectivity index (χ1v) is 12.6. The highest BCUT2D eigenvalue weighted by molar-refractivity contribution is 6.07. The number of ether oxygens (including phenoxy) is 2. The monoisotopic (exact) mass is 492 g/mol. The Morgan fingerprint density at radius 1 is 1.11 bits per heavy atom. The lowest BCUT2D eigenvalue weighted by molar-refractivity contribution is -0.184. The van der Waals surface area contributed by atoms with Crippen molar-refractivity contribution in [1.29, 1.82) is 0 Å². The number of fused-ring (bicyclic) bond motifs is 5. The van der Waals surface area contributed by atoms with Crippen LogP contribution in [0.1, 0.15) is 47.4 Å². The predicted octanol–water partition coefficient (Wildman–Crippen LogP) is 5.59. The maximum absolute atomic E-state index is 14.4. The van der Waals surface area contributed by atoms with Crippen molar-refractivity contribution in [1.82, 2.24) is 4.90 Å². The van der Waals surface area contributed by atoms with Gasteiger partial charge in [-0.2, -0.15) is 0 Å². The van der Waals surface area contributed by atoms with E-state index in [0.717, 1.165) is 33.5 Å². The number of nitrogens with zero attached hydrogens (tertiary/aromatic N) is 2.